The third-order valence-corrected chi connectivity index (χ3v) is 3.41. The van der Waals surface area contributed by atoms with Crippen molar-refractivity contribution in [1.82, 2.24) is 15.0 Å². The van der Waals surface area contributed by atoms with Crippen molar-refractivity contribution in [2.75, 3.05) is 16.4 Å². The molecule has 8 nitrogen and oxygen atoms in total. The first-order valence-corrected chi connectivity index (χ1v) is 7.75. The molecular weight excluding hydrogens is 332 g/mol. The maximum Gasteiger partial charge on any atom is 0.278 e. The highest BCUT2D eigenvalue weighted by Crippen LogP contribution is 2.19. The Kier molecular flexibility index (Phi) is 4.84. The number of hydrogen-bond acceptors (Lipinski definition) is 6. The fraction of sp³-hybridized carbons (Fsp3) is 0.0556. The molecule has 0 spiro atoms. The average molecular weight is 348 g/mol. The zero-order chi connectivity index (χ0) is 18.5. The van der Waals surface area contributed by atoms with Crippen molar-refractivity contribution in [2.24, 2.45) is 0 Å². The van der Waals surface area contributed by atoms with Gasteiger partial charge in [0.05, 0.1) is 11.9 Å². The second-order valence-corrected chi connectivity index (χ2v) is 5.45. The van der Waals surface area contributed by atoms with Gasteiger partial charge in [-0.25, -0.2) is 9.97 Å². The molecule has 0 aliphatic heterocycles. The highest BCUT2D eigenvalue weighted by Gasteiger charge is 2.15. The number of carbonyl (C=O) groups excluding carboxylic acids is 2. The molecule has 0 aliphatic rings. The summed E-state index contributed by atoms with van der Waals surface area (Å²) < 4.78 is 0. The first-order valence-electron chi connectivity index (χ1n) is 7.75. The van der Waals surface area contributed by atoms with Gasteiger partial charge >= 0.3 is 0 Å². The van der Waals surface area contributed by atoms with Gasteiger partial charge in [-0.1, -0.05) is 6.07 Å². The van der Waals surface area contributed by atoms with Crippen LogP contribution in [0.15, 0.2) is 55.0 Å². The maximum atomic E-state index is 12.6. The number of benzene rings is 1. The van der Waals surface area contributed by atoms with Crippen LogP contribution >= 0.6 is 0 Å². The molecule has 0 unspecified atom stereocenters. The molecule has 0 aliphatic carbocycles. The second kappa shape index (κ2) is 7.39. The molecule has 2 amide bonds. The van der Waals surface area contributed by atoms with Crippen molar-refractivity contribution in [1.29, 1.82) is 0 Å². The van der Waals surface area contributed by atoms with E-state index in [2.05, 4.69) is 25.6 Å². The number of nitrogens with two attached hydrogens (primary N) is 1. The summed E-state index contributed by atoms with van der Waals surface area (Å²) in [6.07, 6.45) is 4.75. The number of carbonyl (C=O) groups is 2. The maximum absolute atomic E-state index is 12.6. The molecule has 0 atom stereocenters. The van der Waals surface area contributed by atoms with Crippen LogP contribution in [0.5, 0.6) is 0 Å². The van der Waals surface area contributed by atoms with Crippen LogP contribution in [-0.4, -0.2) is 26.8 Å². The van der Waals surface area contributed by atoms with E-state index in [9.17, 15) is 9.59 Å². The number of nitrogens with one attached hydrogen (secondary N) is 2. The van der Waals surface area contributed by atoms with Crippen molar-refractivity contribution < 1.29 is 9.59 Å². The zero-order valence-electron chi connectivity index (χ0n) is 13.9. The predicted molar refractivity (Wildman–Crippen MR) is 98.4 cm³/mol. The van der Waals surface area contributed by atoms with Gasteiger partial charge in [-0.3, -0.25) is 14.6 Å². The first-order chi connectivity index (χ1) is 12.5. The van der Waals surface area contributed by atoms with E-state index in [1.54, 1.807) is 42.7 Å². The summed E-state index contributed by atoms with van der Waals surface area (Å²) in [6, 6.07) is 10.3. The Balaban J connectivity index is 1.85. The molecule has 4 N–H and O–H groups in total. The fourth-order valence-corrected chi connectivity index (χ4v) is 2.29. The summed E-state index contributed by atoms with van der Waals surface area (Å²) in [4.78, 5) is 36.1. The summed E-state index contributed by atoms with van der Waals surface area (Å²) in [5, 5.41) is 5.35. The van der Waals surface area contributed by atoms with Crippen molar-refractivity contribution in [2.45, 2.75) is 6.92 Å². The van der Waals surface area contributed by atoms with E-state index in [-0.39, 0.29) is 17.4 Å². The number of hydrogen-bond donors (Lipinski definition) is 3. The quantitative estimate of drug-likeness (QED) is 0.665. The van der Waals surface area contributed by atoms with Gasteiger partial charge < -0.3 is 16.4 Å². The Hall–Kier alpha value is -3.81. The van der Waals surface area contributed by atoms with Gasteiger partial charge in [0.2, 0.25) is 5.91 Å². The van der Waals surface area contributed by atoms with Gasteiger partial charge in [-0.15, -0.1) is 0 Å². The van der Waals surface area contributed by atoms with Crippen LogP contribution < -0.4 is 16.4 Å². The second-order valence-electron chi connectivity index (χ2n) is 5.45. The van der Waals surface area contributed by atoms with Gasteiger partial charge in [0, 0.05) is 36.3 Å². The van der Waals surface area contributed by atoms with E-state index >= 15 is 0 Å². The number of pyridine rings is 1. The molecule has 130 valence electrons. The molecular formula is C18H16N6O2. The molecule has 0 radical (unpaired) electrons. The first kappa shape index (κ1) is 17.0. The number of nitrogens with zero attached hydrogens (tertiary/aromatic N) is 3. The fourth-order valence-electron chi connectivity index (χ4n) is 2.29. The monoisotopic (exact) mass is 348 g/mol. The van der Waals surface area contributed by atoms with Crippen LogP contribution in [0.25, 0.3) is 11.3 Å². The van der Waals surface area contributed by atoms with Crippen LogP contribution in [0.2, 0.25) is 0 Å². The summed E-state index contributed by atoms with van der Waals surface area (Å²) in [7, 11) is 0. The van der Waals surface area contributed by atoms with Gasteiger partial charge in [-0.2, -0.15) is 0 Å². The Labute approximate surface area is 149 Å². The zero-order valence-corrected chi connectivity index (χ0v) is 13.9. The van der Waals surface area contributed by atoms with Crippen LogP contribution in [0, 0.1) is 0 Å². The van der Waals surface area contributed by atoms with Crippen molar-refractivity contribution >= 4 is 29.0 Å². The Morgan fingerprint density at radius 1 is 1.04 bits per heavy atom. The molecule has 8 heteroatoms. The standard InChI is InChI=1S/C18H16N6O2/c1-11(25)22-13-5-2-6-14(8-13)23-18(26)16-17(19)21-10-15(24-16)12-4-3-7-20-9-12/h2-10H,1H3,(H2,19,21)(H,22,25)(H,23,26). The lowest BCUT2D eigenvalue weighted by Crippen LogP contribution is -2.17. The highest BCUT2D eigenvalue weighted by molar-refractivity contribution is 6.06. The minimum absolute atomic E-state index is 0.0104. The summed E-state index contributed by atoms with van der Waals surface area (Å²) in [5.41, 5.74) is 8.10. The molecule has 1 aromatic carbocycles. The van der Waals surface area contributed by atoms with Gasteiger partial charge in [0.15, 0.2) is 11.5 Å². The normalized spacial score (nSPS) is 10.2. The van der Waals surface area contributed by atoms with Crippen molar-refractivity contribution in [3.05, 3.63) is 60.7 Å². The van der Waals surface area contributed by atoms with E-state index < -0.39 is 5.91 Å². The number of anilines is 3. The van der Waals surface area contributed by atoms with Crippen LogP contribution in [0.3, 0.4) is 0 Å². The van der Waals surface area contributed by atoms with Gasteiger partial charge in [0.1, 0.15) is 0 Å². The Bertz CT molecular complexity index is 959. The molecule has 3 aromatic rings. The largest absolute Gasteiger partial charge is 0.382 e. The van der Waals surface area contributed by atoms with Crippen LogP contribution in [0.1, 0.15) is 17.4 Å². The molecule has 0 bridgehead atoms. The Morgan fingerprint density at radius 3 is 2.50 bits per heavy atom. The van der Waals surface area contributed by atoms with Crippen LogP contribution in [0.4, 0.5) is 17.2 Å². The molecule has 0 fully saturated rings. The molecule has 0 saturated carbocycles. The summed E-state index contributed by atoms with van der Waals surface area (Å²) in [6.45, 7) is 1.41. The predicted octanol–water partition coefficient (Wildman–Crippen LogP) is 2.33. The lowest BCUT2D eigenvalue weighted by Gasteiger charge is -2.09. The number of rotatable bonds is 4. The van der Waals surface area contributed by atoms with Crippen molar-refractivity contribution in [3.8, 4) is 11.3 Å². The number of aromatic nitrogens is 3. The molecule has 26 heavy (non-hydrogen) atoms. The van der Waals surface area contributed by atoms with E-state index in [4.69, 9.17) is 5.73 Å². The third-order valence-electron chi connectivity index (χ3n) is 3.41. The van der Waals surface area contributed by atoms with E-state index in [1.807, 2.05) is 6.07 Å². The third kappa shape index (κ3) is 3.99. The average Bonchev–Trinajstić information content (AvgIpc) is 2.62. The lowest BCUT2D eigenvalue weighted by atomic mass is 10.2. The van der Waals surface area contributed by atoms with Crippen LogP contribution in [-0.2, 0) is 4.79 Å². The topological polar surface area (TPSA) is 123 Å². The summed E-state index contributed by atoms with van der Waals surface area (Å²) >= 11 is 0. The van der Waals surface area contributed by atoms with Gasteiger partial charge in [-0.05, 0) is 30.3 Å². The minimum atomic E-state index is -0.499. The SMILES string of the molecule is CC(=O)Nc1cccc(NC(=O)c2nc(-c3cccnc3)cnc2N)c1. The highest BCUT2D eigenvalue weighted by atomic mass is 16.2. The molecule has 0 saturated heterocycles. The van der Waals surface area contributed by atoms with E-state index in [0.29, 0.717) is 17.1 Å². The lowest BCUT2D eigenvalue weighted by molar-refractivity contribution is -0.114. The smallest absolute Gasteiger partial charge is 0.278 e. The van der Waals surface area contributed by atoms with Gasteiger partial charge in [0.25, 0.3) is 5.91 Å². The Morgan fingerprint density at radius 2 is 1.81 bits per heavy atom. The number of amides is 2. The minimum Gasteiger partial charge on any atom is -0.382 e. The molecule has 2 heterocycles. The summed E-state index contributed by atoms with van der Waals surface area (Å²) in [5.74, 6) is -0.679. The van der Waals surface area contributed by atoms with E-state index in [1.165, 1.54) is 13.1 Å². The van der Waals surface area contributed by atoms with E-state index in [0.717, 1.165) is 5.56 Å². The van der Waals surface area contributed by atoms with Crippen molar-refractivity contribution in [3.63, 3.8) is 0 Å². The molecule has 2 aromatic heterocycles. The molecule has 3 rings (SSSR count). The number of nitrogen functional groups attached to an aromatic ring is 1.